The molecule has 6 heteroatoms. The summed E-state index contributed by atoms with van der Waals surface area (Å²) in [6, 6.07) is 5.88. The molecule has 5 N–H and O–H groups in total. The highest BCUT2D eigenvalue weighted by atomic mass is 16.4. The van der Waals surface area contributed by atoms with E-state index in [2.05, 4.69) is 5.32 Å². The van der Waals surface area contributed by atoms with Gasteiger partial charge in [-0.05, 0) is 37.0 Å². The summed E-state index contributed by atoms with van der Waals surface area (Å²) in [4.78, 5) is 22.0. The fraction of sp³-hybridized carbons (Fsp3) is 0.429. The number of unbranched alkanes of at least 4 members (excludes halogenated alkanes) is 1. The smallest absolute Gasteiger partial charge is 0.303 e. The number of aliphatic carboxylic acids is 1. The van der Waals surface area contributed by atoms with E-state index < -0.39 is 12.0 Å². The van der Waals surface area contributed by atoms with E-state index in [4.69, 9.17) is 15.9 Å². The number of nitrogens with one attached hydrogen (secondary N) is 1. The van der Waals surface area contributed by atoms with E-state index in [0.717, 1.165) is 5.56 Å². The molecule has 0 aromatic heterocycles. The highest BCUT2D eigenvalue weighted by Crippen LogP contribution is 2.10. The van der Waals surface area contributed by atoms with Crippen LogP contribution in [0.1, 0.15) is 24.8 Å². The summed E-state index contributed by atoms with van der Waals surface area (Å²) in [7, 11) is 0. The van der Waals surface area contributed by atoms with Gasteiger partial charge in [-0.25, -0.2) is 0 Å². The van der Waals surface area contributed by atoms with Crippen molar-refractivity contribution in [3.8, 4) is 5.75 Å². The molecule has 0 saturated heterocycles. The number of benzene rings is 1. The van der Waals surface area contributed by atoms with Gasteiger partial charge in [-0.15, -0.1) is 0 Å². The van der Waals surface area contributed by atoms with Gasteiger partial charge >= 0.3 is 5.97 Å². The Morgan fingerprint density at radius 1 is 1.20 bits per heavy atom. The van der Waals surface area contributed by atoms with Crippen molar-refractivity contribution >= 4 is 11.9 Å². The van der Waals surface area contributed by atoms with Crippen molar-refractivity contribution in [2.75, 3.05) is 6.54 Å². The van der Waals surface area contributed by atoms with Gasteiger partial charge in [0.25, 0.3) is 0 Å². The summed E-state index contributed by atoms with van der Waals surface area (Å²) < 4.78 is 0. The van der Waals surface area contributed by atoms with Crippen LogP contribution in [-0.4, -0.2) is 34.7 Å². The Morgan fingerprint density at radius 3 is 2.45 bits per heavy atom. The molecule has 0 aliphatic carbocycles. The Bertz CT molecular complexity index is 445. The van der Waals surface area contributed by atoms with E-state index >= 15 is 0 Å². The second-order valence-corrected chi connectivity index (χ2v) is 4.62. The zero-order valence-electron chi connectivity index (χ0n) is 11.2. The molecular formula is C14H20N2O4. The quantitative estimate of drug-likeness (QED) is 0.522. The number of hydrogen-bond acceptors (Lipinski definition) is 4. The number of carbonyl (C=O) groups excluding carboxylic acids is 1. The van der Waals surface area contributed by atoms with Gasteiger partial charge < -0.3 is 21.3 Å². The van der Waals surface area contributed by atoms with Crippen LogP contribution in [-0.2, 0) is 16.0 Å². The first-order valence-corrected chi connectivity index (χ1v) is 6.52. The fourth-order valence-electron chi connectivity index (χ4n) is 1.72. The molecule has 0 radical (unpaired) electrons. The summed E-state index contributed by atoms with van der Waals surface area (Å²) in [5.74, 6) is -0.918. The van der Waals surface area contributed by atoms with Gasteiger partial charge in [0.15, 0.2) is 0 Å². The van der Waals surface area contributed by atoms with Crippen molar-refractivity contribution in [1.82, 2.24) is 5.32 Å². The molecule has 0 heterocycles. The minimum absolute atomic E-state index is 0.107. The average Bonchev–Trinajstić information content (AvgIpc) is 2.40. The number of carbonyl (C=O) groups is 2. The van der Waals surface area contributed by atoms with Crippen molar-refractivity contribution in [3.63, 3.8) is 0 Å². The molecule has 1 aromatic carbocycles. The highest BCUT2D eigenvalue weighted by molar-refractivity contribution is 5.81. The molecule has 0 aliphatic heterocycles. The Balaban J connectivity index is 2.25. The molecule has 0 unspecified atom stereocenters. The third-order valence-corrected chi connectivity index (χ3v) is 2.85. The number of aromatic hydroxyl groups is 1. The van der Waals surface area contributed by atoms with Crippen molar-refractivity contribution in [3.05, 3.63) is 29.8 Å². The summed E-state index contributed by atoms with van der Waals surface area (Å²) >= 11 is 0. The van der Waals surface area contributed by atoms with Crippen LogP contribution in [0.3, 0.4) is 0 Å². The lowest BCUT2D eigenvalue weighted by Gasteiger charge is -2.12. The Morgan fingerprint density at radius 2 is 1.85 bits per heavy atom. The zero-order valence-corrected chi connectivity index (χ0v) is 11.2. The van der Waals surface area contributed by atoms with Gasteiger partial charge in [-0.1, -0.05) is 12.1 Å². The number of amides is 1. The minimum atomic E-state index is -0.833. The van der Waals surface area contributed by atoms with Crippen LogP contribution in [0.15, 0.2) is 24.3 Å². The number of phenols is 1. The van der Waals surface area contributed by atoms with Crippen LogP contribution < -0.4 is 11.1 Å². The van der Waals surface area contributed by atoms with Crippen LogP contribution in [0.2, 0.25) is 0 Å². The number of phenolic OH excluding ortho intramolecular Hbond substituents is 1. The van der Waals surface area contributed by atoms with Crippen molar-refractivity contribution in [2.45, 2.75) is 31.7 Å². The van der Waals surface area contributed by atoms with Gasteiger partial charge in [0.2, 0.25) is 5.91 Å². The predicted octanol–water partition coefficient (Wildman–Crippen LogP) is 0.633. The normalized spacial score (nSPS) is 11.8. The third-order valence-electron chi connectivity index (χ3n) is 2.85. The van der Waals surface area contributed by atoms with E-state index in [1.54, 1.807) is 24.3 Å². The van der Waals surface area contributed by atoms with E-state index in [0.29, 0.717) is 25.8 Å². The summed E-state index contributed by atoms with van der Waals surface area (Å²) in [6.07, 6.45) is 1.64. The fourth-order valence-corrected chi connectivity index (χ4v) is 1.72. The molecular weight excluding hydrogens is 260 g/mol. The maximum atomic E-state index is 11.7. The molecule has 0 spiro atoms. The summed E-state index contributed by atoms with van der Waals surface area (Å²) in [5.41, 5.74) is 6.65. The molecule has 1 rings (SSSR count). The Labute approximate surface area is 117 Å². The molecule has 1 amide bonds. The second-order valence-electron chi connectivity index (χ2n) is 4.62. The van der Waals surface area contributed by atoms with Gasteiger partial charge in [-0.2, -0.15) is 0 Å². The monoisotopic (exact) mass is 280 g/mol. The Kier molecular flexibility index (Phi) is 6.52. The van der Waals surface area contributed by atoms with Crippen molar-refractivity contribution in [2.24, 2.45) is 5.73 Å². The first kappa shape index (κ1) is 16.0. The lowest BCUT2D eigenvalue weighted by atomic mass is 10.1. The molecule has 20 heavy (non-hydrogen) atoms. The first-order valence-electron chi connectivity index (χ1n) is 6.52. The topological polar surface area (TPSA) is 113 Å². The van der Waals surface area contributed by atoms with Gasteiger partial charge in [0.05, 0.1) is 6.04 Å². The van der Waals surface area contributed by atoms with Crippen molar-refractivity contribution < 1.29 is 19.8 Å². The number of rotatable bonds is 8. The van der Waals surface area contributed by atoms with Crippen LogP contribution in [0, 0.1) is 0 Å². The number of carboxylic acids is 1. The molecule has 0 saturated carbocycles. The van der Waals surface area contributed by atoms with Crippen LogP contribution in [0.5, 0.6) is 5.75 Å². The number of nitrogens with two attached hydrogens (primary N) is 1. The molecule has 1 atom stereocenters. The number of hydrogen-bond donors (Lipinski definition) is 4. The first-order chi connectivity index (χ1) is 9.49. The largest absolute Gasteiger partial charge is 0.508 e. The van der Waals surface area contributed by atoms with E-state index in [-0.39, 0.29) is 18.1 Å². The second kappa shape index (κ2) is 8.16. The minimum Gasteiger partial charge on any atom is -0.508 e. The third kappa shape index (κ3) is 6.19. The highest BCUT2D eigenvalue weighted by Gasteiger charge is 2.13. The predicted molar refractivity (Wildman–Crippen MR) is 74.3 cm³/mol. The lowest BCUT2D eigenvalue weighted by Crippen LogP contribution is -2.42. The van der Waals surface area contributed by atoms with E-state index in [1.165, 1.54) is 0 Å². The van der Waals surface area contributed by atoms with E-state index in [1.807, 2.05) is 0 Å². The Hall–Kier alpha value is -2.08. The van der Waals surface area contributed by atoms with Gasteiger partial charge in [0.1, 0.15) is 5.75 Å². The zero-order chi connectivity index (χ0) is 15.0. The molecule has 1 aromatic rings. The van der Waals surface area contributed by atoms with E-state index in [9.17, 15) is 9.59 Å². The van der Waals surface area contributed by atoms with Crippen LogP contribution in [0.25, 0.3) is 0 Å². The summed E-state index contributed by atoms with van der Waals surface area (Å²) in [5, 5.41) is 20.3. The number of carboxylic acid groups (broad SMARTS) is 1. The van der Waals surface area contributed by atoms with Gasteiger partial charge in [0, 0.05) is 13.0 Å². The van der Waals surface area contributed by atoms with Crippen molar-refractivity contribution in [1.29, 1.82) is 0 Å². The summed E-state index contributed by atoms with van der Waals surface area (Å²) in [6.45, 7) is 0.426. The molecule has 0 fully saturated rings. The lowest BCUT2D eigenvalue weighted by molar-refractivity contribution is -0.137. The molecule has 6 nitrogen and oxygen atoms in total. The maximum Gasteiger partial charge on any atom is 0.303 e. The van der Waals surface area contributed by atoms with Crippen LogP contribution in [0.4, 0.5) is 0 Å². The maximum absolute atomic E-state index is 11.7. The van der Waals surface area contributed by atoms with Crippen LogP contribution >= 0.6 is 0 Å². The standard InChI is InChI=1S/C14H20N2O4/c15-12(9-10-4-6-11(17)7-5-10)14(20)16-8-2-1-3-13(18)19/h4-7,12,17H,1-3,8-9,15H2,(H,16,20)(H,18,19)/t12-/m0/s1. The van der Waals surface area contributed by atoms with Gasteiger partial charge in [-0.3, -0.25) is 9.59 Å². The molecule has 0 aliphatic rings. The SMILES string of the molecule is N[C@@H](Cc1ccc(O)cc1)C(=O)NCCCCC(=O)O. The molecule has 110 valence electrons. The molecule has 0 bridgehead atoms. The average molecular weight is 280 g/mol.